The number of para-hydroxylation sites is 1. The number of phenols is 1. The van der Waals surface area contributed by atoms with E-state index in [2.05, 4.69) is 10.3 Å². The fourth-order valence-corrected chi connectivity index (χ4v) is 7.58. The van der Waals surface area contributed by atoms with E-state index in [0.29, 0.717) is 37.6 Å². The van der Waals surface area contributed by atoms with Gasteiger partial charge in [-0.05, 0) is 54.6 Å². The summed E-state index contributed by atoms with van der Waals surface area (Å²) in [4.78, 5) is 56.8. The maximum absolute atomic E-state index is 13.9. The SMILES string of the molecule is O=C(COc1ccccc1[C@H]1c2sc(=O)[nH]c2SC2C(=O)N(c3ccc(Cl)cc3)C(=O)C21)Nc1ccc(O)cc1. The number of imide groups is 1. The number of thiazole rings is 1. The van der Waals surface area contributed by atoms with E-state index in [1.54, 1.807) is 60.7 Å². The van der Waals surface area contributed by atoms with Crippen molar-refractivity contribution in [1.29, 1.82) is 0 Å². The molecule has 0 radical (unpaired) electrons. The molecule has 3 N–H and O–H groups in total. The number of anilines is 2. The number of hydrogen-bond acceptors (Lipinski definition) is 8. The van der Waals surface area contributed by atoms with Gasteiger partial charge in [-0.1, -0.05) is 52.9 Å². The lowest BCUT2D eigenvalue weighted by Crippen LogP contribution is -2.32. The average Bonchev–Trinajstić information content (AvgIpc) is 3.44. The normalized spacial score (nSPS) is 19.7. The summed E-state index contributed by atoms with van der Waals surface area (Å²) in [6, 6.07) is 19.5. The Morgan fingerprint density at radius 1 is 1.00 bits per heavy atom. The number of carbonyl (C=O) groups excluding carboxylic acids is 3. The number of hydrogen-bond donors (Lipinski definition) is 3. The van der Waals surface area contributed by atoms with Crippen LogP contribution < -0.4 is 19.8 Å². The van der Waals surface area contributed by atoms with Crippen molar-refractivity contribution in [3.8, 4) is 11.5 Å². The van der Waals surface area contributed by atoms with Crippen molar-refractivity contribution in [3.63, 3.8) is 0 Å². The number of rotatable bonds is 6. The predicted octanol–water partition coefficient (Wildman–Crippen LogP) is 4.61. The van der Waals surface area contributed by atoms with Crippen LogP contribution in [0.15, 0.2) is 82.6 Å². The average molecular weight is 594 g/mol. The Morgan fingerprint density at radius 2 is 1.73 bits per heavy atom. The number of phenolic OH excluding ortho intramolecular Hbond substituents is 1. The van der Waals surface area contributed by atoms with E-state index in [1.165, 1.54) is 28.8 Å². The molecule has 2 unspecified atom stereocenters. The number of carbonyl (C=O) groups is 3. The summed E-state index contributed by atoms with van der Waals surface area (Å²) in [6.45, 7) is -0.326. The fourth-order valence-electron chi connectivity index (χ4n) is 4.95. The highest BCUT2D eigenvalue weighted by Crippen LogP contribution is 2.54. The fraction of sp³-hybridized carbons (Fsp3) is 0.143. The zero-order valence-electron chi connectivity index (χ0n) is 20.5. The minimum atomic E-state index is -0.803. The summed E-state index contributed by atoms with van der Waals surface area (Å²) >= 11 is 8.20. The molecule has 9 nitrogen and oxygen atoms in total. The van der Waals surface area contributed by atoms with Crippen molar-refractivity contribution in [2.75, 3.05) is 16.8 Å². The van der Waals surface area contributed by atoms with Crippen LogP contribution >= 0.6 is 34.7 Å². The molecule has 2 aliphatic heterocycles. The van der Waals surface area contributed by atoms with Crippen LogP contribution in [0.4, 0.5) is 11.4 Å². The number of benzene rings is 3. The van der Waals surface area contributed by atoms with Gasteiger partial charge >= 0.3 is 4.87 Å². The Hall–Kier alpha value is -4.06. The van der Waals surface area contributed by atoms with Crippen LogP contribution in [0.3, 0.4) is 0 Å². The molecule has 0 aliphatic carbocycles. The Bertz CT molecular complexity index is 1690. The smallest absolute Gasteiger partial charge is 0.305 e. The molecule has 40 heavy (non-hydrogen) atoms. The van der Waals surface area contributed by atoms with Gasteiger partial charge in [0.25, 0.3) is 5.91 Å². The molecule has 1 fully saturated rings. The molecule has 12 heteroatoms. The molecule has 0 spiro atoms. The summed E-state index contributed by atoms with van der Waals surface area (Å²) in [5, 5.41) is 12.4. The van der Waals surface area contributed by atoms with Crippen molar-refractivity contribution in [3.05, 3.63) is 97.9 Å². The number of thioether (sulfide) groups is 1. The highest BCUT2D eigenvalue weighted by Gasteiger charge is 2.56. The molecule has 2 aliphatic rings. The number of H-pyrrole nitrogens is 1. The summed E-state index contributed by atoms with van der Waals surface area (Å²) < 4.78 is 5.93. The lowest BCUT2D eigenvalue weighted by Gasteiger charge is -2.30. The second-order valence-electron chi connectivity index (χ2n) is 9.16. The van der Waals surface area contributed by atoms with Gasteiger partial charge < -0.3 is 20.1 Å². The van der Waals surface area contributed by atoms with Gasteiger partial charge in [0.15, 0.2) is 6.61 Å². The third-order valence-corrected chi connectivity index (χ3v) is 9.33. The monoisotopic (exact) mass is 593 g/mol. The van der Waals surface area contributed by atoms with Gasteiger partial charge in [0.2, 0.25) is 11.8 Å². The number of amides is 3. The molecule has 4 aromatic rings. The first-order valence-electron chi connectivity index (χ1n) is 12.1. The molecule has 0 bridgehead atoms. The quantitative estimate of drug-likeness (QED) is 0.220. The van der Waals surface area contributed by atoms with E-state index in [4.69, 9.17) is 16.3 Å². The van der Waals surface area contributed by atoms with Crippen molar-refractivity contribution in [2.24, 2.45) is 5.92 Å². The van der Waals surface area contributed by atoms with Gasteiger partial charge in [-0.25, -0.2) is 4.90 Å². The number of nitrogens with one attached hydrogen (secondary N) is 2. The molecule has 1 saturated heterocycles. The third kappa shape index (κ3) is 4.76. The minimum absolute atomic E-state index is 0.0770. The van der Waals surface area contributed by atoms with Crippen LogP contribution in [-0.4, -0.2) is 39.7 Å². The maximum Gasteiger partial charge on any atom is 0.305 e. The second-order valence-corrected chi connectivity index (χ2v) is 11.8. The highest BCUT2D eigenvalue weighted by molar-refractivity contribution is 8.00. The van der Waals surface area contributed by atoms with Gasteiger partial charge in [0.05, 0.1) is 16.6 Å². The first kappa shape index (κ1) is 26.2. The zero-order valence-corrected chi connectivity index (χ0v) is 22.9. The zero-order chi connectivity index (χ0) is 28.0. The number of aromatic hydroxyl groups is 1. The largest absolute Gasteiger partial charge is 0.508 e. The van der Waals surface area contributed by atoms with Gasteiger partial charge in [-0.3, -0.25) is 19.2 Å². The van der Waals surface area contributed by atoms with Crippen LogP contribution in [-0.2, 0) is 14.4 Å². The number of fused-ring (bicyclic) bond motifs is 2. The molecule has 3 aromatic carbocycles. The predicted molar refractivity (Wildman–Crippen MR) is 153 cm³/mol. The van der Waals surface area contributed by atoms with Crippen LogP contribution in [0.5, 0.6) is 11.5 Å². The Morgan fingerprint density at radius 3 is 2.48 bits per heavy atom. The van der Waals surface area contributed by atoms with Crippen molar-refractivity contribution in [1.82, 2.24) is 4.98 Å². The van der Waals surface area contributed by atoms with Gasteiger partial charge in [0, 0.05) is 27.1 Å². The van der Waals surface area contributed by atoms with E-state index in [0.717, 1.165) is 11.3 Å². The Labute approximate surface area is 240 Å². The number of halogens is 1. The van der Waals surface area contributed by atoms with E-state index in [-0.39, 0.29) is 29.0 Å². The molecule has 202 valence electrons. The van der Waals surface area contributed by atoms with Crippen molar-refractivity contribution < 1.29 is 24.2 Å². The van der Waals surface area contributed by atoms with Gasteiger partial charge in [0.1, 0.15) is 16.7 Å². The number of aromatic amines is 1. The van der Waals surface area contributed by atoms with E-state index in [1.807, 2.05) is 0 Å². The minimum Gasteiger partial charge on any atom is -0.508 e. The first-order chi connectivity index (χ1) is 19.3. The third-order valence-electron chi connectivity index (χ3n) is 6.67. The van der Waals surface area contributed by atoms with Gasteiger partial charge in [-0.15, -0.1) is 0 Å². The summed E-state index contributed by atoms with van der Waals surface area (Å²) in [5.41, 5.74) is 1.50. The van der Waals surface area contributed by atoms with Crippen LogP contribution in [0.1, 0.15) is 16.4 Å². The number of nitrogens with zero attached hydrogens (tertiary/aromatic N) is 1. The second kappa shape index (κ2) is 10.5. The van der Waals surface area contributed by atoms with Crippen molar-refractivity contribution in [2.45, 2.75) is 16.2 Å². The summed E-state index contributed by atoms with van der Waals surface area (Å²) in [5.74, 6) is -2.22. The van der Waals surface area contributed by atoms with Crippen molar-refractivity contribution >= 4 is 63.8 Å². The lowest BCUT2D eigenvalue weighted by molar-refractivity contribution is -0.122. The maximum atomic E-state index is 13.9. The Kier molecular flexibility index (Phi) is 6.87. The molecular weight excluding hydrogens is 574 g/mol. The number of ether oxygens (including phenoxy) is 1. The summed E-state index contributed by atoms with van der Waals surface area (Å²) in [7, 11) is 0. The van der Waals surface area contributed by atoms with Gasteiger partial charge in [-0.2, -0.15) is 0 Å². The van der Waals surface area contributed by atoms with E-state index >= 15 is 0 Å². The van der Waals surface area contributed by atoms with E-state index < -0.39 is 23.0 Å². The van der Waals surface area contributed by atoms with Crippen LogP contribution in [0, 0.1) is 5.92 Å². The topological polar surface area (TPSA) is 129 Å². The van der Waals surface area contributed by atoms with Crippen LogP contribution in [0.25, 0.3) is 0 Å². The Balaban J connectivity index is 1.33. The first-order valence-corrected chi connectivity index (χ1v) is 14.2. The molecule has 1 aromatic heterocycles. The standard InChI is InChI=1S/C28H20ClN3O6S2/c29-14-5-9-16(10-6-14)32-26(35)22-21(23-25(31-28(37)40-23)39-24(22)27(32)36)18-3-1-2-4-19(18)38-13-20(34)30-15-7-11-17(33)12-8-15/h1-12,21-22,24,33H,13H2,(H,30,34)(H,31,37)/t21-,22?,24?/m1/s1. The molecule has 6 rings (SSSR count). The van der Waals surface area contributed by atoms with E-state index in [9.17, 15) is 24.3 Å². The summed E-state index contributed by atoms with van der Waals surface area (Å²) in [6.07, 6.45) is 0. The molecule has 3 atom stereocenters. The molecule has 0 saturated carbocycles. The molecular formula is C28H20ClN3O6S2. The lowest BCUT2D eigenvalue weighted by atomic mass is 9.82. The highest BCUT2D eigenvalue weighted by atomic mass is 35.5. The molecule has 3 amide bonds. The number of aromatic nitrogens is 1. The van der Waals surface area contributed by atoms with Crippen LogP contribution in [0.2, 0.25) is 5.02 Å². The molecule has 3 heterocycles.